The number of aromatic carboxylic acids is 1. The van der Waals surface area contributed by atoms with Gasteiger partial charge in [-0.1, -0.05) is 0 Å². The summed E-state index contributed by atoms with van der Waals surface area (Å²) in [7, 11) is 1.17. The summed E-state index contributed by atoms with van der Waals surface area (Å²) < 4.78 is 22.4. The highest BCUT2D eigenvalue weighted by atomic mass is 35.7. The Morgan fingerprint density at radius 1 is 1.37 bits per heavy atom. The molecular weight excluding hydrogens is 294 g/mol. The van der Waals surface area contributed by atoms with Crippen LogP contribution >= 0.6 is 10.7 Å². The Hall–Kier alpha value is -1.60. The zero-order valence-corrected chi connectivity index (χ0v) is 11.2. The van der Waals surface area contributed by atoms with Crippen LogP contribution in [0.3, 0.4) is 0 Å². The molecule has 1 heterocycles. The first-order valence-electron chi connectivity index (χ1n) is 5.43. The van der Waals surface area contributed by atoms with Crippen LogP contribution < -0.4 is 4.90 Å². The van der Waals surface area contributed by atoms with E-state index in [0.717, 1.165) is 6.07 Å². The van der Waals surface area contributed by atoms with Gasteiger partial charge in [0, 0.05) is 23.6 Å². The van der Waals surface area contributed by atoms with Crippen molar-refractivity contribution in [2.24, 2.45) is 0 Å². The van der Waals surface area contributed by atoms with Crippen LogP contribution in [0.5, 0.6) is 0 Å². The molecule has 8 heteroatoms. The summed E-state index contributed by atoms with van der Waals surface area (Å²) in [5.41, 5.74) is -0.0592. The third-order valence-corrected chi connectivity index (χ3v) is 4.20. The number of benzene rings is 1. The predicted octanol–water partition coefficient (Wildman–Crippen LogP) is 1.44. The second kappa shape index (κ2) is 4.82. The zero-order chi connectivity index (χ0) is 14.2. The van der Waals surface area contributed by atoms with Crippen molar-refractivity contribution in [2.75, 3.05) is 11.4 Å². The molecule has 19 heavy (non-hydrogen) atoms. The minimum Gasteiger partial charge on any atom is -0.478 e. The van der Waals surface area contributed by atoms with Crippen molar-refractivity contribution in [3.8, 4) is 0 Å². The van der Waals surface area contributed by atoms with Crippen LogP contribution in [0.2, 0.25) is 0 Å². The van der Waals surface area contributed by atoms with Gasteiger partial charge in [0.25, 0.3) is 9.05 Å². The smallest absolute Gasteiger partial charge is 0.337 e. The van der Waals surface area contributed by atoms with Gasteiger partial charge in [0.15, 0.2) is 0 Å². The Morgan fingerprint density at radius 3 is 2.53 bits per heavy atom. The lowest BCUT2D eigenvalue weighted by Gasteiger charge is -2.18. The van der Waals surface area contributed by atoms with Crippen LogP contribution in [0.25, 0.3) is 0 Å². The molecule has 1 fully saturated rings. The molecule has 1 amide bonds. The number of hydrogen-bond acceptors (Lipinski definition) is 4. The number of carboxylic acid groups (broad SMARTS) is 1. The van der Waals surface area contributed by atoms with Gasteiger partial charge in [-0.25, -0.2) is 13.2 Å². The van der Waals surface area contributed by atoms with Gasteiger partial charge >= 0.3 is 5.97 Å². The summed E-state index contributed by atoms with van der Waals surface area (Å²) in [5.74, 6) is -1.49. The fourth-order valence-electron chi connectivity index (χ4n) is 1.98. The number of carbonyl (C=O) groups is 2. The topological polar surface area (TPSA) is 91.8 Å². The summed E-state index contributed by atoms with van der Waals surface area (Å²) in [6.07, 6.45) is 1.00. The van der Waals surface area contributed by atoms with Crippen molar-refractivity contribution in [2.45, 2.75) is 17.7 Å². The van der Waals surface area contributed by atoms with E-state index in [2.05, 4.69) is 0 Å². The molecular formula is C11H10ClNO5S. The molecule has 1 aliphatic rings. The van der Waals surface area contributed by atoms with Crippen molar-refractivity contribution in [3.63, 3.8) is 0 Å². The number of amides is 1. The average Bonchev–Trinajstić information content (AvgIpc) is 2.73. The van der Waals surface area contributed by atoms with E-state index >= 15 is 0 Å². The molecule has 6 nitrogen and oxygen atoms in total. The van der Waals surface area contributed by atoms with Crippen molar-refractivity contribution in [1.29, 1.82) is 0 Å². The Labute approximate surface area is 114 Å². The normalized spacial score (nSPS) is 15.8. The second-order valence-electron chi connectivity index (χ2n) is 4.07. The van der Waals surface area contributed by atoms with E-state index < -0.39 is 15.0 Å². The number of halogens is 1. The highest BCUT2D eigenvalue weighted by Gasteiger charge is 2.27. The van der Waals surface area contributed by atoms with E-state index in [1.807, 2.05) is 0 Å². The molecule has 0 radical (unpaired) electrons. The highest BCUT2D eigenvalue weighted by Crippen LogP contribution is 2.28. The number of rotatable bonds is 3. The second-order valence-corrected chi connectivity index (χ2v) is 6.64. The van der Waals surface area contributed by atoms with Crippen molar-refractivity contribution in [3.05, 3.63) is 23.8 Å². The summed E-state index contributed by atoms with van der Waals surface area (Å²) in [6, 6.07) is 3.45. The molecule has 1 N–H and O–H groups in total. The van der Waals surface area contributed by atoms with E-state index in [9.17, 15) is 18.0 Å². The van der Waals surface area contributed by atoms with E-state index in [-0.39, 0.29) is 22.1 Å². The van der Waals surface area contributed by atoms with Crippen LogP contribution in [-0.4, -0.2) is 31.9 Å². The molecule has 1 aromatic carbocycles. The molecule has 0 spiro atoms. The van der Waals surface area contributed by atoms with Gasteiger partial charge in [0.2, 0.25) is 5.91 Å². The van der Waals surface area contributed by atoms with E-state index in [4.69, 9.17) is 15.8 Å². The van der Waals surface area contributed by atoms with E-state index in [1.54, 1.807) is 0 Å². The summed E-state index contributed by atoms with van der Waals surface area (Å²) in [5, 5.41) is 9.13. The summed E-state index contributed by atoms with van der Waals surface area (Å²) >= 11 is 0. The highest BCUT2D eigenvalue weighted by molar-refractivity contribution is 8.13. The number of nitrogens with zero attached hydrogens (tertiary/aromatic N) is 1. The van der Waals surface area contributed by atoms with Crippen molar-refractivity contribution < 1.29 is 23.1 Å². The van der Waals surface area contributed by atoms with E-state index in [1.165, 1.54) is 17.0 Å². The fraction of sp³-hybridized carbons (Fsp3) is 0.273. The van der Waals surface area contributed by atoms with Gasteiger partial charge in [0.1, 0.15) is 0 Å². The predicted molar refractivity (Wildman–Crippen MR) is 68.0 cm³/mol. The Bertz CT molecular complexity index is 655. The molecule has 1 aliphatic heterocycles. The maximum atomic E-state index is 11.6. The Morgan fingerprint density at radius 2 is 2.05 bits per heavy atom. The first kappa shape index (κ1) is 13.8. The largest absolute Gasteiger partial charge is 0.478 e. The van der Waals surface area contributed by atoms with Crippen LogP contribution in [0.1, 0.15) is 23.2 Å². The SMILES string of the molecule is O=C(O)c1cc(S(=O)(=O)Cl)ccc1N1CCCC1=O. The van der Waals surface area contributed by atoms with Gasteiger partial charge in [-0.3, -0.25) is 4.79 Å². The first-order chi connectivity index (χ1) is 8.80. The summed E-state index contributed by atoms with van der Waals surface area (Å²) in [6.45, 7) is 0.423. The number of carbonyl (C=O) groups excluding carboxylic acids is 1. The third kappa shape index (κ3) is 2.71. The number of anilines is 1. The molecule has 0 atom stereocenters. The molecule has 0 aliphatic carbocycles. The summed E-state index contributed by atoms with van der Waals surface area (Å²) in [4.78, 5) is 23.8. The molecule has 1 aromatic rings. The molecule has 2 rings (SSSR count). The quantitative estimate of drug-likeness (QED) is 0.853. The van der Waals surface area contributed by atoms with Gasteiger partial charge in [-0.2, -0.15) is 0 Å². The minimum atomic E-state index is -4.01. The number of carboxylic acids is 1. The average molecular weight is 304 g/mol. The lowest BCUT2D eigenvalue weighted by atomic mass is 10.1. The van der Waals surface area contributed by atoms with Crippen LogP contribution in [0.15, 0.2) is 23.1 Å². The maximum Gasteiger partial charge on any atom is 0.337 e. The Kier molecular flexibility index (Phi) is 3.51. The Balaban J connectivity index is 2.56. The van der Waals surface area contributed by atoms with Gasteiger partial charge < -0.3 is 10.0 Å². The third-order valence-electron chi connectivity index (χ3n) is 2.84. The monoisotopic (exact) mass is 303 g/mol. The van der Waals surface area contributed by atoms with Gasteiger partial charge in [-0.05, 0) is 24.6 Å². The zero-order valence-electron chi connectivity index (χ0n) is 9.67. The molecule has 0 unspecified atom stereocenters. The van der Waals surface area contributed by atoms with Crippen LogP contribution in [0.4, 0.5) is 5.69 Å². The number of hydrogen-bond donors (Lipinski definition) is 1. The molecule has 0 bridgehead atoms. The maximum absolute atomic E-state index is 11.6. The fourth-order valence-corrected chi connectivity index (χ4v) is 2.75. The van der Waals surface area contributed by atoms with Gasteiger partial charge in [0.05, 0.1) is 16.1 Å². The van der Waals surface area contributed by atoms with Crippen molar-refractivity contribution >= 4 is 37.3 Å². The van der Waals surface area contributed by atoms with Crippen LogP contribution in [-0.2, 0) is 13.8 Å². The lowest BCUT2D eigenvalue weighted by Crippen LogP contribution is -2.26. The first-order valence-corrected chi connectivity index (χ1v) is 7.74. The van der Waals surface area contributed by atoms with Crippen molar-refractivity contribution in [1.82, 2.24) is 0 Å². The minimum absolute atomic E-state index is 0.177. The van der Waals surface area contributed by atoms with Gasteiger partial charge in [-0.15, -0.1) is 0 Å². The molecule has 0 saturated carbocycles. The molecule has 102 valence electrons. The molecule has 1 saturated heterocycles. The standard InChI is InChI=1S/C11H10ClNO5S/c12-19(17,18)7-3-4-9(8(6-7)11(15)16)13-5-1-2-10(13)14/h3-4,6H,1-2,5H2,(H,15,16). The van der Waals surface area contributed by atoms with Crippen LogP contribution in [0, 0.1) is 0 Å². The lowest BCUT2D eigenvalue weighted by molar-refractivity contribution is -0.117. The molecule has 0 aromatic heterocycles. The van der Waals surface area contributed by atoms with E-state index in [0.29, 0.717) is 19.4 Å².